The van der Waals surface area contributed by atoms with Crippen LogP contribution in [0, 0.1) is 0 Å². The van der Waals surface area contributed by atoms with Crippen LogP contribution >= 0.6 is 0 Å². The summed E-state index contributed by atoms with van der Waals surface area (Å²) >= 11 is 0. The Bertz CT molecular complexity index is 1170. The van der Waals surface area contributed by atoms with E-state index >= 15 is 0 Å². The zero-order chi connectivity index (χ0) is 21.8. The number of imidazole rings is 1. The van der Waals surface area contributed by atoms with Gasteiger partial charge in [-0.3, -0.25) is 9.20 Å². The number of carbonyl (C=O) groups is 1. The lowest BCUT2D eigenvalue weighted by atomic mass is 9.55. The van der Waals surface area contributed by atoms with E-state index in [0.29, 0.717) is 12.3 Å². The predicted molar refractivity (Wildman–Crippen MR) is 107 cm³/mol. The molecule has 1 N–H and O–H groups in total. The van der Waals surface area contributed by atoms with E-state index in [1.807, 2.05) is 6.20 Å². The van der Waals surface area contributed by atoms with Crippen LogP contribution < -0.4 is 10.1 Å². The summed E-state index contributed by atoms with van der Waals surface area (Å²) in [5.74, 6) is -0.191. The molecule has 2 saturated heterocycles. The predicted octanol–water partition coefficient (Wildman–Crippen LogP) is 3.53. The second-order valence-corrected chi connectivity index (χ2v) is 8.38. The average molecular weight is 429 g/mol. The first kappa shape index (κ1) is 19.8. The first-order chi connectivity index (χ1) is 14.8. The number of pyridine rings is 1. The van der Waals surface area contributed by atoms with Gasteiger partial charge >= 0.3 is 0 Å². The van der Waals surface area contributed by atoms with Crippen molar-refractivity contribution in [2.75, 3.05) is 19.0 Å². The summed E-state index contributed by atoms with van der Waals surface area (Å²) in [6.07, 6.45) is 3.51. The van der Waals surface area contributed by atoms with E-state index in [1.165, 1.54) is 25.3 Å². The number of aromatic nitrogens is 4. The van der Waals surface area contributed by atoms with Crippen molar-refractivity contribution in [3.8, 4) is 5.88 Å². The number of carbonyl (C=O) groups excluding carboxylic acids is 1. The molecule has 3 aromatic heterocycles. The molecule has 3 aromatic rings. The normalized spacial score (nSPS) is 24.8. The van der Waals surface area contributed by atoms with Crippen LogP contribution in [0.1, 0.15) is 54.5 Å². The van der Waals surface area contributed by atoms with Gasteiger partial charge in [-0.05, 0) is 38.3 Å². The molecule has 10 heteroatoms. The van der Waals surface area contributed by atoms with Gasteiger partial charge in [-0.2, -0.15) is 4.98 Å². The van der Waals surface area contributed by atoms with Gasteiger partial charge in [-0.15, -0.1) is 0 Å². The molecule has 3 fully saturated rings. The summed E-state index contributed by atoms with van der Waals surface area (Å²) in [5, 5.41) is 2.60. The molecule has 0 aromatic carbocycles. The minimum absolute atomic E-state index is 0.0208. The molecular weight excluding hydrogens is 408 g/mol. The molecule has 2 bridgehead atoms. The fourth-order valence-electron chi connectivity index (χ4n) is 4.76. The van der Waals surface area contributed by atoms with Crippen LogP contribution in [0.3, 0.4) is 0 Å². The number of hydrogen-bond donors (Lipinski definition) is 1. The monoisotopic (exact) mass is 429 g/mol. The van der Waals surface area contributed by atoms with Crippen LogP contribution in [0.5, 0.6) is 5.88 Å². The Morgan fingerprint density at radius 3 is 2.77 bits per heavy atom. The van der Waals surface area contributed by atoms with Gasteiger partial charge in [0.1, 0.15) is 11.4 Å². The molecule has 31 heavy (non-hydrogen) atoms. The van der Waals surface area contributed by atoms with Crippen molar-refractivity contribution in [1.29, 1.82) is 0 Å². The van der Waals surface area contributed by atoms with Crippen LogP contribution in [0.2, 0.25) is 0 Å². The van der Waals surface area contributed by atoms with Crippen LogP contribution in [-0.4, -0.2) is 44.6 Å². The maximum atomic E-state index is 12.9. The number of anilines is 1. The maximum absolute atomic E-state index is 12.9. The highest BCUT2D eigenvalue weighted by Crippen LogP contribution is 2.57. The Morgan fingerprint density at radius 1 is 1.26 bits per heavy atom. The number of nitrogens with one attached hydrogen (secondary N) is 1. The standard InChI is InChI=1S/C21H21F2N5O3/c1-20-10-21(11-20,6-7-31-20)14-8-28-9-15(27-19(30-2)17(28)25-14)26-18(29)13-5-3-4-12(24-13)16(22)23/h3-5,8-9,16H,6-7,10-11H2,1-2H3,(H,26,29). The van der Waals surface area contributed by atoms with Gasteiger partial charge in [0, 0.05) is 18.2 Å². The van der Waals surface area contributed by atoms with E-state index in [-0.39, 0.29) is 28.4 Å². The summed E-state index contributed by atoms with van der Waals surface area (Å²) in [6.45, 7) is 2.82. The molecule has 0 atom stereocenters. The van der Waals surface area contributed by atoms with Gasteiger partial charge in [-0.1, -0.05) is 6.07 Å². The van der Waals surface area contributed by atoms with Crippen LogP contribution in [0.15, 0.2) is 30.6 Å². The highest BCUT2D eigenvalue weighted by atomic mass is 19.3. The lowest BCUT2D eigenvalue weighted by Crippen LogP contribution is -2.59. The molecule has 3 aliphatic rings. The lowest BCUT2D eigenvalue weighted by molar-refractivity contribution is -0.182. The third-order valence-corrected chi connectivity index (χ3v) is 6.07. The number of nitrogens with zero attached hydrogens (tertiary/aromatic N) is 4. The number of fused-ring (bicyclic) bond motifs is 3. The van der Waals surface area contributed by atoms with Gasteiger partial charge in [0.15, 0.2) is 5.82 Å². The minimum atomic E-state index is -2.76. The SMILES string of the molecule is COc1nc(NC(=O)c2cccc(C(F)F)n2)cn2cc(C34CCOC(C)(C3)C4)nc12. The fraction of sp³-hybridized carbons (Fsp3) is 0.429. The second kappa shape index (κ2) is 6.94. The summed E-state index contributed by atoms with van der Waals surface area (Å²) in [7, 11) is 1.48. The summed E-state index contributed by atoms with van der Waals surface area (Å²) < 4.78 is 38.8. The Morgan fingerprint density at radius 2 is 2.06 bits per heavy atom. The van der Waals surface area contributed by atoms with Crippen LogP contribution in [-0.2, 0) is 10.2 Å². The first-order valence-electron chi connectivity index (χ1n) is 9.96. The third-order valence-electron chi connectivity index (χ3n) is 6.07. The Balaban J connectivity index is 1.45. The fourth-order valence-corrected chi connectivity index (χ4v) is 4.76. The highest BCUT2D eigenvalue weighted by molar-refractivity contribution is 6.02. The number of ether oxygens (including phenoxy) is 2. The smallest absolute Gasteiger partial charge is 0.280 e. The van der Waals surface area contributed by atoms with E-state index in [0.717, 1.165) is 25.0 Å². The van der Waals surface area contributed by atoms with Gasteiger partial charge in [0.2, 0.25) is 5.65 Å². The molecule has 1 aliphatic carbocycles. The number of amides is 1. The topological polar surface area (TPSA) is 90.6 Å². The number of hydrogen-bond acceptors (Lipinski definition) is 6. The Hall–Kier alpha value is -3.14. The van der Waals surface area contributed by atoms with Gasteiger partial charge in [-0.25, -0.2) is 18.7 Å². The molecule has 0 spiro atoms. The molecule has 0 radical (unpaired) electrons. The molecule has 2 aliphatic heterocycles. The quantitative estimate of drug-likeness (QED) is 0.667. The zero-order valence-electron chi connectivity index (χ0n) is 17.1. The zero-order valence-corrected chi connectivity index (χ0v) is 17.1. The molecule has 5 heterocycles. The summed E-state index contributed by atoms with van der Waals surface area (Å²) in [6, 6.07) is 3.90. The maximum Gasteiger partial charge on any atom is 0.280 e. The van der Waals surface area contributed by atoms with Crippen molar-refractivity contribution >= 4 is 17.4 Å². The van der Waals surface area contributed by atoms with Crippen LogP contribution in [0.4, 0.5) is 14.6 Å². The minimum Gasteiger partial charge on any atom is -0.478 e. The molecular formula is C21H21F2N5O3. The molecule has 1 saturated carbocycles. The molecule has 0 unspecified atom stereocenters. The second-order valence-electron chi connectivity index (χ2n) is 8.38. The molecule has 1 amide bonds. The van der Waals surface area contributed by atoms with Gasteiger partial charge < -0.3 is 14.8 Å². The average Bonchev–Trinajstić information content (AvgIpc) is 3.17. The van der Waals surface area contributed by atoms with Crippen molar-refractivity contribution in [3.63, 3.8) is 0 Å². The number of rotatable bonds is 5. The van der Waals surface area contributed by atoms with Crippen molar-refractivity contribution in [1.82, 2.24) is 19.4 Å². The third kappa shape index (κ3) is 3.31. The van der Waals surface area contributed by atoms with E-state index in [4.69, 9.17) is 14.5 Å². The Kier molecular flexibility index (Phi) is 4.44. The van der Waals surface area contributed by atoms with E-state index in [9.17, 15) is 13.6 Å². The largest absolute Gasteiger partial charge is 0.478 e. The number of halogens is 2. The number of methoxy groups -OCH3 is 1. The summed E-state index contributed by atoms with van der Waals surface area (Å²) in [4.78, 5) is 25.3. The van der Waals surface area contributed by atoms with E-state index in [1.54, 1.807) is 10.6 Å². The van der Waals surface area contributed by atoms with E-state index in [2.05, 4.69) is 22.2 Å². The van der Waals surface area contributed by atoms with Crippen LogP contribution in [0.25, 0.3) is 5.65 Å². The number of alkyl halides is 2. The Labute approximate surface area is 176 Å². The first-order valence-corrected chi connectivity index (χ1v) is 9.96. The molecule has 162 valence electrons. The van der Waals surface area contributed by atoms with E-state index < -0.39 is 18.0 Å². The highest BCUT2D eigenvalue weighted by Gasteiger charge is 2.57. The molecule has 6 rings (SSSR count). The molecule has 8 nitrogen and oxygen atoms in total. The van der Waals surface area contributed by atoms with Crippen molar-refractivity contribution in [2.45, 2.75) is 43.6 Å². The lowest BCUT2D eigenvalue weighted by Gasteiger charge is -2.58. The summed E-state index contributed by atoms with van der Waals surface area (Å²) in [5.41, 5.74) is 0.796. The van der Waals surface area contributed by atoms with Crippen molar-refractivity contribution < 1.29 is 23.0 Å². The van der Waals surface area contributed by atoms with Gasteiger partial charge in [0.25, 0.3) is 18.2 Å². The van der Waals surface area contributed by atoms with Crippen molar-refractivity contribution in [3.05, 3.63) is 47.7 Å². The van der Waals surface area contributed by atoms with Gasteiger partial charge in [0.05, 0.1) is 24.6 Å². The van der Waals surface area contributed by atoms with Crippen molar-refractivity contribution in [2.24, 2.45) is 0 Å².